The Labute approximate surface area is 152 Å². The highest BCUT2D eigenvalue weighted by atomic mass is 32.2. The predicted molar refractivity (Wildman–Crippen MR) is 101 cm³/mol. The van der Waals surface area contributed by atoms with Crippen LogP contribution in [0.5, 0.6) is 5.75 Å². The van der Waals surface area contributed by atoms with Gasteiger partial charge in [-0.25, -0.2) is 0 Å². The lowest BCUT2D eigenvalue weighted by Crippen LogP contribution is -2.26. The summed E-state index contributed by atoms with van der Waals surface area (Å²) in [7, 11) is 1.63. The zero-order valence-corrected chi connectivity index (χ0v) is 15.5. The maximum Gasteiger partial charge on any atom is 0.230 e. The smallest absolute Gasteiger partial charge is 0.230 e. The first-order chi connectivity index (χ1) is 12.2. The lowest BCUT2D eigenvalue weighted by Gasteiger charge is -2.10. The Morgan fingerprint density at radius 1 is 1.40 bits per heavy atom. The lowest BCUT2D eigenvalue weighted by molar-refractivity contribution is -0.118. The summed E-state index contributed by atoms with van der Waals surface area (Å²) in [6.07, 6.45) is 3.83. The summed E-state index contributed by atoms with van der Waals surface area (Å²) in [5.74, 6) is 1.75. The number of methoxy groups -OCH3 is 1. The van der Waals surface area contributed by atoms with Gasteiger partial charge in [0.05, 0.1) is 18.4 Å². The number of amides is 1. The van der Waals surface area contributed by atoms with E-state index in [-0.39, 0.29) is 5.91 Å². The van der Waals surface area contributed by atoms with Gasteiger partial charge in [0, 0.05) is 13.1 Å². The van der Waals surface area contributed by atoms with Gasteiger partial charge < -0.3 is 10.1 Å². The van der Waals surface area contributed by atoms with Gasteiger partial charge in [-0.1, -0.05) is 43.3 Å². The molecule has 25 heavy (non-hydrogen) atoms. The van der Waals surface area contributed by atoms with E-state index >= 15 is 0 Å². The molecule has 0 radical (unpaired) electrons. The van der Waals surface area contributed by atoms with Crippen molar-refractivity contribution < 1.29 is 9.53 Å². The van der Waals surface area contributed by atoms with Crippen LogP contribution in [0.2, 0.25) is 0 Å². The number of thioether (sulfide) groups is 1. The third kappa shape index (κ3) is 5.09. The van der Waals surface area contributed by atoms with Crippen LogP contribution in [0.25, 0.3) is 11.4 Å². The molecule has 0 aliphatic rings. The van der Waals surface area contributed by atoms with Crippen LogP contribution in [0.15, 0.2) is 42.1 Å². The molecular formula is C18H24N4O2S. The average molecular weight is 360 g/mol. The van der Waals surface area contributed by atoms with Crippen LogP contribution < -0.4 is 10.1 Å². The van der Waals surface area contributed by atoms with Crippen molar-refractivity contribution >= 4 is 17.7 Å². The number of hydrogen-bond donors (Lipinski definition) is 1. The fourth-order valence-corrected chi connectivity index (χ4v) is 3.08. The Kier molecular flexibility index (Phi) is 7.53. The first-order valence-corrected chi connectivity index (χ1v) is 9.26. The van der Waals surface area contributed by atoms with Crippen molar-refractivity contribution in [2.45, 2.75) is 31.5 Å². The third-order valence-electron chi connectivity index (χ3n) is 3.56. The summed E-state index contributed by atoms with van der Waals surface area (Å²) in [5.41, 5.74) is 0.860. The number of rotatable bonds is 10. The summed E-state index contributed by atoms with van der Waals surface area (Å²) in [4.78, 5) is 11.9. The van der Waals surface area contributed by atoms with E-state index in [4.69, 9.17) is 4.74 Å². The molecule has 0 bridgehead atoms. The second-order valence-corrected chi connectivity index (χ2v) is 6.34. The van der Waals surface area contributed by atoms with Gasteiger partial charge in [0.1, 0.15) is 5.75 Å². The molecule has 1 N–H and O–H groups in total. The molecule has 0 aliphatic heterocycles. The fourth-order valence-electron chi connectivity index (χ4n) is 2.30. The zero-order chi connectivity index (χ0) is 18.1. The van der Waals surface area contributed by atoms with Crippen molar-refractivity contribution in [1.82, 2.24) is 20.1 Å². The van der Waals surface area contributed by atoms with Crippen LogP contribution in [0.4, 0.5) is 0 Å². The molecule has 0 saturated heterocycles. The van der Waals surface area contributed by atoms with Gasteiger partial charge >= 0.3 is 0 Å². The van der Waals surface area contributed by atoms with Crippen molar-refractivity contribution in [1.29, 1.82) is 0 Å². The van der Waals surface area contributed by atoms with E-state index in [1.54, 1.807) is 13.2 Å². The second-order valence-electron chi connectivity index (χ2n) is 5.40. The van der Waals surface area contributed by atoms with Crippen molar-refractivity contribution in [3.8, 4) is 17.1 Å². The number of carbonyl (C=O) groups excluding carboxylic acids is 1. The maximum absolute atomic E-state index is 11.9. The fraction of sp³-hybridized carbons (Fsp3) is 0.389. The highest BCUT2D eigenvalue weighted by Crippen LogP contribution is 2.30. The minimum absolute atomic E-state index is 0.00504. The number of nitrogens with one attached hydrogen (secondary N) is 1. The van der Waals surface area contributed by atoms with Gasteiger partial charge in [-0.05, 0) is 18.6 Å². The molecule has 6 nitrogen and oxygen atoms in total. The minimum atomic E-state index is 0.00504. The molecule has 2 aromatic rings. The molecule has 0 saturated carbocycles. The Morgan fingerprint density at radius 2 is 2.20 bits per heavy atom. The van der Waals surface area contributed by atoms with E-state index < -0.39 is 0 Å². The van der Waals surface area contributed by atoms with Crippen molar-refractivity contribution in [3.05, 3.63) is 36.9 Å². The summed E-state index contributed by atoms with van der Waals surface area (Å²) < 4.78 is 7.36. The van der Waals surface area contributed by atoms with Crippen molar-refractivity contribution in [2.75, 3.05) is 19.4 Å². The Bertz CT molecular complexity index is 715. The number of hydrogen-bond acceptors (Lipinski definition) is 5. The SMILES string of the molecule is C=CCn1c(SCC(=O)NCCCC)nnc1-c1ccccc1OC. The van der Waals surface area contributed by atoms with Crippen LogP contribution >= 0.6 is 11.8 Å². The van der Waals surface area contributed by atoms with Crippen LogP contribution in [0.1, 0.15) is 19.8 Å². The van der Waals surface area contributed by atoms with Gasteiger partial charge in [0.25, 0.3) is 0 Å². The molecule has 1 heterocycles. The molecular weight excluding hydrogens is 336 g/mol. The van der Waals surface area contributed by atoms with E-state index in [0.717, 1.165) is 24.2 Å². The summed E-state index contributed by atoms with van der Waals surface area (Å²) in [6, 6.07) is 7.66. The van der Waals surface area contributed by atoms with Crippen molar-refractivity contribution in [2.24, 2.45) is 0 Å². The largest absolute Gasteiger partial charge is 0.496 e. The molecule has 1 aromatic heterocycles. The highest BCUT2D eigenvalue weighted by molar-refractivity contribution is 7.99. The van der Waals surface area contributed by atoms with E-state index in [0.29, 0.717) is 29.8 Å². The number of unbranched alkanes of at least 4 members (excludes halogenated alkanes) is 1. The van der Waals surface area contributed by atoms with Crippen LogP contribution in [0, 0.1) is 0 Å². The van der Waals surface area contributed by atoms with Gasteiger partial charge in [-0.3, -0.25) is 9.36 Å². The first kappa shape index (κ1) is 19.1. The Morgan fingerprint density at radius 3 is 2.92 bits per heavy atom. The monoisotopic (exact) mass is 360 g/mol. The van der Waals surface area contributed by atoms with Gasteiger partial charge in [-0.15, -0.1) is 16.8 Å². The molecule has 0 aliphatic carbocycles. The van der Waals surface area contributed by atoms with E-state index in [9.17, 15) is 4.79 Å². The third-order valence-corrected chi connectivity index (χ3v) is 4.53. The number of ether oxygens (including phenoxy) is 1. The van der Waals surface area contributed by atoms with Gasteiger partial charge in [0.2, 0.25) is 5.91 Å². The van der Waals surface area contributed by atoms with E-state index in [1.165, 1.54) is 11.8 Å². The number of aromatic nitrogens is 3. The Balaban J connectivity index is 2.16. The molecule has 0 fully saturated rings. The molecule has 1 aromatic carbocycles. The summed E-state index contributed by atoms with van der Waals surface area (Å²) in [5, 5.41) is 12.1. The lowest BCUT2D eigenvalue weighted by atomic mass is 10.2. The van der Waals surface area contributed by atoms with Crippen molar-refractivity contribution in [3.63, 3.8) is 0 Å². The maximum atomic E-state index is 11.9. The van der Waals surface area contributed by atoms with Gasteiger partial charge in [-0.2, -0.15) is 0 Å². The molecule has 0 spiro atoms. The predicted octanol–water partition coefficient (Wildman–Crippen LogP) is 3.15. The van der Waals surface area contributed by atoms with Crippen LogP contribution in [-0.4, -0.2) is 40.1 Å². The number of carbonyl (C=O) groups is 1. The molecule has 0 atom stereocenters. The summed E-state index contributed by atoms with van der Waals surface area (Å²) in [6.45, 7) is 7.16. The summed E-state index contributed by atoms with van der Waals surface area (Å²) >= 11 is 1.37. The van der Waals surface area contributed by atoms with Gasteiger partial charge in [0.15, 0.2) is 11.0 Å². The molecule has 0 unspecified atom stereocenters. The van der Waals surface area contributed by atoms with Crippen LogP contribution in [0.3, 0.4) is 0 Å². The topological polar surface area (TPSA) is 69.0 Å². The number of allylic oxidation sites excluding steroid dienone is 1. The number of benzene rings is 1. The second kappa shape index (κ2) is 9.88. The molecule has 7 heteroatoms. The normalized spacial score (nSPS) is 10.5. The quantitative estimate of drug-likeness (QED) is 0.400. The highest BCUT2D eigenvalue weighted by Gasteiger charge is 2.17. The zero-order valence-electron chi connectivity index (χ0n) is 14.7. The number of nitrogens with zero attached hydrogens (tertiary/aromatic N) is 3. The molecule has 1 amide bonds. The average Bonchev–Trinajstić information content (AvgIpc) is 3.03. The minimum Gasteiger partial charge on any atom is -0.496 e. The standard InChI is InChI=1S/C18H24N4O2S/c1-4-6-11-19-16(23)13-25-18-21-20-17(22(18)12-5-2)14-9-7-8-10-15(14)24-3/h5,7-10H,2,4,6,11-13H2,1,3H3,(H,19,23). The number of para-hydroxylation sites is 1. The Hall–Kier alpha value is -2.28. The van der Waals surface area contributed by atoms with E-state index in [1.807, 2.05) is 28.8 Å². The van der Waals surface area contributed by atoms with E-state index in [2.05, 4.69) is 29.0 Å². The first-order valence-electron chi connectivity index (χ1n) is 8.28. The van der Waals surface area contributed by atoms with Crippen LogP contribution in [-0.2, 0) is 11.3 Å². The molecule has 134 valence electrons. The molecule has 2 rings (SSSR count).